The molecule has 0 saturated carbocycles. The second-order valence-electron chi connectivity index (χ2n) is 9.15. The highest BCUT2D eigenvalue weighted by atomic mass is 32.1. The van der Waals surface area contributed by atoms with Crippen molar-refractivity contribution in [1.29, 1.82) is 0 Å². The normalized spacial score (nSPS) is 22.4. The summed E-state index contributed by atoms with van der Waals surface area (Å²) in [5.41, 5.74) is 1.88. The second-order valence-corrected chi connectivity index (χ2v) is 9.94. The summed E-state index contributed by atoms with van der Waals surface area (Å²) in [5.74, 6) is 2.35. The molecule has 31 heavy (non-hydrogen) atoms. The topological polar surface area (TPSA) is 64.6 Å². The minimum Gasteiger partial charge on any atom is -0.362 e. The van der Waals surface area contributed by atoms with Gasteiger partial charge >= 0.3 is 0 Å². The van der Waals surface area contributed by atoms with Crippen molar-refractivity contribution in [3.05, 3.63) is 34.8 Å². The standard InChI is InChI=1S/C23H34N6OS/c1-27(2)22(30)17-5-7-19(8-6-17)29-14-11-18(16-9-12-24-13-10-16)15-20(29)21-25-23(26-31-21)28(3)4/h5-8,16,18,20,24H,9-15H2,1-4H3/t18?,20-/m1/s1. The zero-order chi connectivity index (χ0) is 22.0. The number of anilines is 2. The van der Waals surface area contributed by atoms with Crippen molar-refractivity contribution < 1.29 is 4.79 Å². The minimum absolute atomic E-state index is 0.0347. The lowest BCUT2D eigenvalue weighted by molar-refractivity contribution is 0.0827. The molecule has 0 bridgehead atoms. The van der Waals surface area contributed by atoms with Crippen LogP contribution in [0, 0.1) is 11.8 Å². The molecule has 168 valence electrons. The molecule has 1 aromatic heterocycles. The van der Waals surface area contributed by atoms with E-state index in [2.05, 4.69) is 26.7 Å². The summed E-state index contributed by atoms with van der Waals surface area (Å²) in [7, 11) is 7.55. The third-order valence-electron chi connectivity index (χ3n) is 6.66. The van der Waals surface area contributed by atoms with Crippen molar-refractivity contribution in [3.63, 3.8) is 0 Å². The van der Waals surface area contributed by atoms with Crippen molar-refractivity contribution >= 4 is 29.1 Å². The van der Waals surface area contributed by atoms with Crippen LogP contribution in [0.3, 0.4) is 0 Å². The smallest absolute Gasteiger partial charge is 0.253 e. The summed E-state index contributed by atoms with van der Waals surface area (Å²) in [6.45, 7) is 3.29. The predicted molar refractivity (Wildman–Crippen MR) is 127 cm³/mol. The molecule has 0 aliphatic carbocycles. The van der Waals surface area contributed by atoms with Gasteiger partial charge < -0.3 is 20.0 Å². The zero-order valence-corrected chi connectivity index (χ0v) is 19.9. The Hall–Kier alpha value is -2.19. The number of benzene rings is 1. The van der Waals surface area contributed by atoms with Gasteiger partial charge in [0.1, 0.15) is 5.01 Å². The van der Waals surface area contributed by atoms with Crippen LogP contribution in [0.5, 0.6) is 0 Å². The Kier molecular flexibility index (Phi) is 6.77. The van der Waals surface area contributed by atoms with E-state index in [1.807, 2.05) is 31.1 Å². The van der Waals surface area contributed by atoms with Crippen molar-refractivity contribution in [2.24, 2.45) is 11.8 Å². The molecule has 0 spiro atoms. The van der Waals surface area contributed by atoms with E-state index in [0.29, 0.717) is 0 Å². The number of carbonyl (C=O) groups excluding carboxylic acids is 1. The van der Waals surface area contributed by atoms with Gasteiger partial charge in [-0.3, -0.25) is 4.79 Å². The molecular formula is C23H34N6OS. The number of aromatic nitrogens is 2. The third-order valence-corrected chi connectivity index (χ3v) is 7.47. The van der Waals surface area contributed by atoms with Crippen LogP contribution >= 0.6 is 11.5 Å². The molecule has 1 aromatic carbocycles. The van der Waals surface area contributed by atoms with Crippen molar-refractivity contribution in [2.45, 2.75) is 31.7 Å². The van der Waals surface area contributed by atoms with E-state index < -0.39 is 0 Å². The number of hydrogen-bond acceptors (Lipinski definition) is 7. The van der Waals surface area contributed by atoms with Crippen LogP contribution in [0.4, 0.5) is 11.6 Å². The number of piperidine rings is 2. The van der Waals surface area contributed by atoms with E-state index >= 15 is 0 Å². The highest BCUT2D eigenvalue weighted by molar-refractivity contribution is 7.05. The molecule has 2 fully saturated rings. The molecule has 8 heteroatoms. The van der Waals surface area contributed by atoms with Gasteiger partial charge in [0, 0.05) is 46.0 Å². The van der Waals surface area contributed by atoms with Gasteiger partial charge in [0.2, 0.25) is 5.95 Å². The first-order valence-corrected chi connectivity index (χ1v) is 12.0. The highest BCUT2D eigenvalue weighted by Crippen LogP contribution is 2.42. The first-order valence-electron chi connectivity index (χ1n) is 11.2. The number of carbonyl (C=O) groups is 1. The molecule has 3 heterocycles. The largest absolute Gasteiger partial charge is 0.362 e. The van der Waals surface area contributed by atoms with Crippen LogP contribution in [0.1, 0.15) is 47.1 Å². The minimum atomic E-state index is 0.0347. The van der Waals surface area contributed by atoms with Crippen LogP contribution in [-0.4, -0.2) is 68.0 Å². The van der Waals surface area contributed by atoms with Crippen LogP contribution in [0.2, 0.25) is 0 Å². The lowest BCUT2D eigenvalue weighted by Gasteiger charge is -2.43. The van der Waals surface area contributed by atoms with Crippen LogP contribution in [0.15, 0.2) is 24.3 Å². The van der Waals surface area contributed by atoms with Gasteiger partial charge in [0.05, 0.1) is 6.04 Å². The summed E-state index contributed by atoms with van der Waals surface area (Å²) < 4.78 is 4.58. The molecule has 1 unspecified atom stereocenters. The summed E-state index contributed by atoms with van der Waals surface area (Å²) >= 11 is 1.53. The predicted octanol–water partition coefficient (Wildman–Crippen LogP) is 3.26. The van der Waals surface area contributed by atoms with Gasteiger partial charge in [0.15, 0.2) is 0 Å². The van der Waals surface area contributed by atoms with Crippen LogP contribution in [-0.2, 0) is 0 Å². The zero-order valence-electron chi connectivity index (χ0n) is 19.0. The van der Waals surface area contributed by atoms with E-state index in [0.717, 1.165) is 60.1 Å². The van der Waals surface area contributed by atoms with E-state index in [1.54, 1.807) is 19.0 Å². The molecule has 1 N–H and O–H groups in total. The fraction of sp³-hybridized carbons (Fsp3) is 0.609. The maximum Gasteiger partial charge on any atom is 0.253 e. The Balaban J connectivity index is 1.59. The Labute approximate surface area is 189 Å². The molecule has 2 aliphatic heterocycles. The van der Waals surface area contributed by atoms with Gasteiger partial charge in [0.25, 0.3) is 5.91 Å². The van der Waals surface area contributed by atoms with Crippen molar-refractivity contribution in [3.8, 4) is 0 Å². The van der Waals surface area contributed by atoms with E-state index in [4.69, 9.17) is 4.98 Å². The number of hydrogen-bond donors (Lipinski definition) is 1. The van der Waals surface area contributed by atoms with Gasteiger partial charge in [-0.25, -0.2) is 4.98 Å². The van der Waals surface area contributed by atoms with Gasteiger partial charge in [-0.2, -0.15) is 4.37 Å². The maximum atomic E-state index is 12.3. The van der Waals surface area contributed by atoms with Gasteiger partial charge in [-0.15, -0.1) is 0 Å². The van der Waals surface area contributed by atoms with Gasteiger partial charge in [-0.05, 0) is 86.4 Å². The molecule has 1 amide bonds. The average Bonchev–Trinajstić information content (AvgIpc) is 3.29. The third kappa shape index (κ3) is 4.85. The number of nitrogens with one attached hydrogen (secondary N) is 1. The second kappa shape index (κ2) is 9.53. The number of rotatable bonds is 5. The van der Waals surface area contributed by atoms with Crippen LogP contribution < -0.4 is 15.1 Å². The monoisotopic (exact) mass is 442 g/mol. The Morgan fingerprint density at radius 2 is 1.77 bits per heavy atom. The number of amides is 1. The van der Waals surface area contributed by atoms with E-state index in [1.165, 1.54) is 30.8 Å². The van der Waals surface area contributed by atoms with E-state index in [9.17, 15) is 4.79 Å². The SMILES string of the molecule is CN(C)C(=O)c1ccc(N2CCC(C3CCNCC3)C[C@@H]2c2nc(N(C)C)ns2)cc1. The van der Waals surface area contributed by atoms with Crippen LogP contribution in [0.25, 0.3) is 0 Å². The van der Waals surface area contributed by atoms with Gasteiger partial charge in [-0.1, -0.05) is 0 Å². The highest BCUT2D eigenvalue weighted by Gasteiger charge is 2.36. The first kappa shape index (κ1) is 22.0. The maximum absolute atomic E-state index is 12.3. The quantitative estimate of drug-likeness (QED) is 0.767. The molecule has 7 nitrogen and oxygen atoms in total. The first-order chi connectivity index (χ1) is 14.9. The van der Waals surface area contributed by atoms with Crippen molar-refractivity contribution in [2.75, 3.05) is 57.6 Å². The fourth-order valence-corrected chi connectivity index (χ4v) is 5.72. The molecule has 4 rings (SSSR count). The van der Waals surface area contributed by atoms with Crippen molar-refractivity contribution in [1.82, 2.24) is 19.6 Å². The number of nitrogens with zero attached hydrogens (tertiary/aromatic N) is 5. The van der Waals surface area contributed by atoms with E-state index in [-0.39, 0.29) is 11.9 Å². The molecular weight excluding hydrogens is 408 g/mol. The molecule has 2 saturated heterocycles. The Morgan fingerprint density at radius 1 is 1.06 bits per heavy atom. The Bertz CT molecular complexity index is 874. The summed E-state index contributed by atoms with van der Waals surface area (Å²) in [6, 6.07) is 8.29. The summed E-state index contributed by atoms with van der Waals surface area (Å²) in [4.78, 5) is 23.2. The molecule has 2 atom stereocenters. The summed E-state index contributed by atoms with van der Waals surface area (Å²) in [5, 5.41) is 4.60. The average molecular weight is 443 g/mol. The fourth-order valence-electron chi connectivity index (χ4n) is 4.88. The lowest BCUT2D eigenvalue weighted by atomic mass is 9.77. The molecule has 2 aromatic rings. The summed E-state index contributed by atoms with van der Waals surface area (Å²) in [6.07, 6.45) is 4.87. The Morgan fingerprint density at radius 3 is 2.39 bits per heavy atom. The molecule has 2 aliphatic rings. The molecule has 0 radical (unpaired) electrons. The lowest BCUT2D eigenvalue weighted by Crippen LogP contribution is -2.41.